The maximum atomic E-state index is 11.7. The number of amides is 1. The van der Waals surface area contributed by atoms with Gasteiger partial charge in [0.25, 0.3) is 0 Å². The fraction of sp³-hybridized carbons (Fsp3) is 0.500. The summed E-state index contributed by atoms with van der Waals surface area (Å²) in [5.41, 5.74) is 7.33. The van der Waals surface area contributed by atoms with Crippen molar-refractivity contribution in [3.05, 3.63) is 33.4 Å². The number of rotatable bonds is 6. The molecule has 2 fully saturated rings. The number of carbonyl (C=O) groups excluding carboxylic acids is 1. The molecular weight excluding hydrogens is 525 g/mol. The maximum absolute atomic E-state index is 11.7. The van der Waals surface area contributed by atoms with Crippen molar-refractivity contribution in [2.24, 2.45) is 11.7 Å². The van der Waals surface area contributed by atoms with E-state index in [1.165, 1.54) is 0 Å². The van der Waals surface area contributed by atoms with E-state index in [1.54, 1.807) is 18.3 Å². The molecule has 0 spiro atoms. The number of hydrogen-bond donors (Lipinski definition) is 4. The van der Waals surface area contributed by atoms with Crippen molar-refractivity contribution in [2.45, 2.75) is 69.6 Å². The van der Waals surface area contributed by atoms with Crippen LogP contribution in [0.2, 0.25) is 15.1 Å². The van der Waals surface area contributed by atoms with Crippen LogP contribution in [0.4, 0.5) is 17.6 Å². The van der Waals surface area contributed by atoms with Crippen LogP contribution in [0.5, 0.6) is 0 Å². The summed E-state index contributed by atoms with van der Waals surface area (Å²) in [6.45, 7) is 0. The predicted octanol–water partition coefficient (Wildman–Crippen LogP) is 5.46. The molecule has 0 aliphatic heterocycles. The van der Waals surface area contributed by atoms with Gasteiger partial charge in [0.2, 0.25) is 17.8 Å². The third kappa shape index (κ3) is 5.34. The van der Waals surface area contributed by atoms with Crippen LogP contribution in [0.1, 0.15) is 57.4 Å². The standard InChI is InChI=1S/C24H28Cl3N7O2/c25-13-8-17(26)20(18(27)9-13)32-24-31-19-11-29-23(30-14-2-1-3-16(35)10-14)33-22(19)34(24)15-6-4-12(5-7-15)21(28)36/h8-9,11-12,14-16,35H,1-7,10H2,(H2,28,36)(H,31,32)(H,29,30,33)/t12?,14-,15?,16?/m1/s1. The lowest BCUT2D eigenvalue weighted by Crippen LogP contribution is -2.30. The Morgan fingerprint density at radius 2 is 1.78 bits per heavy atom. The van der Waals surface area contributed by atoms with Crippen LogP contribution >= 0.6 is 34.8 Å². The molecule has 9 nitrogen and oxygen atoms in total. The van der Waals surface area contributed by atoms with Crippen molar-refractivity contribution < 1.29 is 9.90 Å². The highest BCUT2D eigenvalue weighted by molar-refractivity contribution is 6.41. The van der Waals surface area contributed by atoms with Crippen LogP contribution in [-0.2, 0) is 4.79 Å². The highest BCUT2D eigenvalue weighted by atomic mass is 35.5. The molecule has 3 aromatic rings. The Morgan fingerprint density at radius 3 is 2.44 bits per heavy atom. The van der Waals surface area contributed by atoms with Gasteiger partial charge in [-0.2, -0.15) is 4.98 Å². The zero-order chi connectivity index (χ0) is 25.4. The number of imidazole rings is 1. The summed E-state index contributed by atoms with van der Waals surface area (Å²) in [6.07, 6.45) is 7.65. The topological polar surface area (TPSA) is 131 Å². The SMILES string of the molecule is NC(=O)C1CCC(n2c(Nc3c(Cl)cc(Cl)cc3Cl)nc3cnc(N[C@@H]4CCCC(O)C4)nc32)CC1. The average molecular weight is 553 g/mol. The van der Waals surface area contributed by atoms with Gasteiger partial charge in [0, 0.05) is 23.0 Å². The first-order valence-electron chi connectivity index (χ1n) is 12.2. The second kappa shape index (κ2) is 10.6. The molecule has 0 radical (unpaired) electrons. The Bertz CT molecular complexity index is 1250. The zero-order valence-electron chi connectivity index (χ0n) is 19.6. The molecule has 192 valence electrons. The Kier molecular flexibility index (Phi) is 7.44. The summed E-state index contributed by atoms with van der Waals surface area (Å²) >= 11 is 19.0. The number of aliphatic hydroxyl groups is 1. The van der Waals surface area contributed by atoms with Crippen LogP contribution in [0.15, 0.2) is 18.3 Å². The monoisotopic (exact) mass is 551 g/mol. The first-order valence-corrected chi connectivity index (χ1v) is 13.3. The van der Waals surface area contributed by atoms with Crippen LogP contribution in [-0.4, -0.2) is 42.7 Å². The van der Waals surface area contributed by atoms with E-state index < -0.39 is 0 Å². The Labute approximate surface area is 223 Å². The van der Waals surface area contributed by atoms with Gasteiger partial charge in [0.1, 0.15) is 5.52 Å². The van der Waals surface area contributed by atoms with E-state index in [-0.39, 0.29) is 30.0 Å². The minimum absolute atomic E-state index is 0.0391. The number of aromatic nitrogens is 4. The molecule has 12 heteroatoms. The number of benzene rings is 1. The Morgan fingerprint density at radius 1 is 1.06 bits per heavy atom. The van der Waals surface area contributed by atoms with Gasteiger partial charge < -0.3 is 21.5 Å². The molecule has 1 amide bonds. The number of fused-ring (bicyclic) bond motifs is 1. The van der Waals surface area contributed by atoms with Crippen molar-refractivity contribution in [1.82, 2.24) is 19.5 Å². The number of carbonyl (C=O) groups is 1. The van der Waals surface area contributed by atoms with E-state index in [9.17, 15) is 9.90 Å². The molecule has 2 saturated carbocycles. The minimum atomic E-state index is -0.310. The fourth-order valence-electron chi connectivity index (χ4n) is 5.26. The number of nitrogens with zero attached hydrogens (tertiary/aromatic N) is 4. The fourth-order valence-corrected chi connectivity index (χ4v) is 6.18. The van der Waals surface area contributed by atoms with Gasteiger partial charge in [0.05, 0.1) is 28.0 Å². The van der Waals surface area contributed by atoms with Gasteiger partial charge in [-0.1, -0.05) is 34.8 Å². The molecule has 1 unspecified atom stereocenters. The molecule has 2 aliphatic carbocycles. The van der Waals surface area contributed by atoms with Crippen molar-refractivity contribution in [3.63, 3.8) is 0 Å². The van der Waals surface area contributed by atoms with Gasteiger partial charge in [-0.25, -0.2) is 9.97 Å². The number of hydrogen-bond acceptors (Lipinski definition) is 7. The normalized spacial score (nSPS) is 24.6. The van der Waals surface area contributed by atoms with Crippen LogP contribution in [0.3, 0.4) is 0 Å². The first-order chi connectivity index (χ1) is 17.3. The molecule has 2 aliphatic rings. The van der Waals surface area contributed by atoms with Crippen LogP contribution in [0.25, 0.3) is 11.2 Å². The second-order valence-electron chi connectivity index (χ2n) is 9.65. The maximum Gasteiger partial charge on any atom is 0.224 e. The average Bonchev–Trinajstić information content (AvgIpc) is 3.18. The highest BCUT2D eigenvalue weighted by Crippen LogP contribution is 2.40. The van der Waals surface area contributed by atoms with E-state index in [0.29, 0.717) is 63.1 Å². The van der Waals surface area contributed by atoms with E-state index >= 15 is 0 Å². The highest BCUT2D eigenvalue weighted by Gasteiger charge is 2.30. The van der Waals surface area contributed by atoms with Crippen LogP contribution < -0.4 is 16.4 Å². The van der Waals surface area contributed by atoms with Crippen molar-refractivity contribution in [2.75, 3.05) is 10.6 Å². The molecule has 2 aromatic heterocycles. The molecule has 36 heavy (non-hydrogen) atoms. The third-order valence-electron chi connectivity index (χ3n) is 7.12. The number of aliphatic hydroxyl groups excluding tert-OH is 1. The van der Waals surface area contributed by atoms with Gasteiger partial charge >= 0.3 is 0 Å². The van der Waals surface area contributed by atoms with Crippen molar-refractivity contribution in [3.8, 4) is 0 Å². The first kappa shape index (κ1) is 25.3. The smallest absolute Gasteiger partial charge is 0.224 e. The lowest BCUT2D eigenvalue weighted by molar-refractivity contribution is -0.122. The summed E-state index contributed by atoms with van der Waals surface area (Å²) in [7, 11) is 0. The quantitative estimate of drug-likeness (QED) is 0.319. The number of primary amides is 1. The lowest BCUT2D eigenvalue weighted by Gasteiger charge is -2.29. The van der Waals surface area contributed by atoms with E-state index in [1.807, 2.05) is 4.57 Å². The number of halogens is 3. The largest absolute Gasteiger partial charge is 0.393 e. The molecule has 0 bridgehead atoms. The van der Waals surface area contributed by atoms with Gasteiger partial charge in [0.15, 0.2) is 5.65 Å². The van der Waals surface area contributed by atoms with E-state index in [2.05, 4.69) is 15.6 Å². The molecule has 5 N–H and O–H groups in total. The molecule has 2 atom stereocenters. The number of anilines is 3. The van der Waals surface area contributed by atoms with Gasteiger partial charge in [-0.15, -0.1) is 0 Å². The Balaban J connectivity index is 1.51. The number of nitrogens with one attached hydrogen (secondary N) is 2. The zero-order valence-corrected chi connectivity index (χ0v) is 21.8. The third-order valence-corrected chi connectivity index (χ3v) is 7.93. The molecular formula is C24H28Cl3N7O2. The molecule has 2 heterocycles. The van der Waals surface area contributed by atoms with Crippen LogP contribution in [0, 0.1) is 5.92 Å². The number of nitrogens with two attached hydrogens (primary N) is 1. The molecule has 0 saturated heterocycles. The van der Waals surface area contributed by atoms with Gasteiger partial charge in [-0.05, 0) is 63.5 Å². The summed E-state index contributed by atoms with van der Waals surface area (Å²) in [5, 5.41) is 17.9. The van der Waals surface area contributed by atoms with Gasteiger partial charge in [-0.3, -0.25) is 9.36 Å². The van der Waals surface area contributed by atoms with Crippen molar-refractivity contribution in [1.29, 1.82) is 0 Å². The lowest BCUT2D eigenvalue weighted by atomic mass is 9.85. The second-order valence-corrected chi connectivity index (χ2v) is 10.9. The molecule has 1 aromatic carbocycles. The van der Waals surface area contributed by atoms with E-state index in [4.69, 9.17) is 50.5 Å². The Hall–Kier alpha value is -2.33. The van der Waals surface area contributed by atoms with Crippen molar-refractivity contribution >= 4 is 69.5 Å². The summed E-state index contributed by atoms with van der Waals surface area (Å²) in [6, 6.07) is 3.38. The summed E-state index contributed by atoms with van der Waals surface area (Å²) in [5.74, 6) is 0.628. The summed E-state index contributed by atoms with van der Waals surface area (Å²) < 4.78 is 2.04. The van der Waals surface area contributed by atoms with E-state index in [0.717, 1.165) is 32.1 Å². The summed E-state index contributed by atoms with van der Waals surface area (Å²) in [4.78, 5) is 25.8. The predicted molar refractivity (Wildman–Crippen MR) is 142 cm³/mol. The molecule has 5 rings (SSSR count). The minimum Gasteiger partial charge on any atom is -0.393 e.